The summed E-state index contributed by atoms with van der Waals surface area (Å²) >= 11 is 3.37. The average Bonchev–Trinajstić information content (AvgIpc) is 2.29. The molecule has 2 rings (SSSR count). The Morgan fingerprint density at radius 2 is 2.12 bits per heavy atom. The van der Waals surface area contributed by atoms with E-state index in [-0.39, 0.29) is 0 Å². The predicted molar refractivity (Wildman–Crippen MR) is 70.1 cm³/mol. The molecule has 1 aromatic heterocycles. The summed E-state index contributed by atoms with van der Waals surface area (Å²) < 4.78 is 0.980. The van der Waals surface area contributed by atoms with E-state index in [1.54, 1.807) is 6.20 Å². The smallest absolute Gasteiger partial charge is 0.0594 e. The molecule has 0 radical (unpaired) electrons. The Bertz CT molecular complexity index is 471. The second-order valence-corrected chi connectivity index (χ2v) is 4.32. The lowest BCUT2D eigenvalue weighted by molar-refractivity contribution is 1.05. The molecular formula is C12H12BrN3. The molecule has 3 N–H and O–H groups in total. The number of nitrogens with one attached hydrogen (secondary N) is 1. The SMILES string of the molecule is Nc1cc(Br)ccc1NCc1ccccn1. The molecule has 1 aromatic carbocycles. The van der Waals surface area contributed by atoms with Crippen LogP contribution in [0.5, 0.6) is 0 Å². The van der Waals surface area contributed by atoms with Crippen LogP contribution in [0.1, 0.15) is 5.69 Å². The minimum Gasteiger partial charge on any atom is -0.397 e. The third-order valence-corrected chi connectivity index (χ3v) is 2.69. The van der Waals surface area contributed by atoms with E-state index in [0.29, 0.717) is 6.54 Å². The maximum Gasteiger partial charge on any atom is 0.0594 e. The summed E-state index contributed by atoms with van der Waals surface area (Å²) in [5, 5.41) is 3.25. The summed E-state index contributed by atoms with van der Waals surface area (Å²) in [4.78, 5) is 4.23. The topological polar surface area (TPSA) is 50.9 Å². The number of nitrogens with two attached hydrogens (primary N) is 1. The van der Waals surface area contributed by atoms with E-state index < -0.39 is 0 Å². The van der Waals surface area contributed by atoms with Crippen molar-refractivity contribution in [1.82, 2.24) is 4.98 Å². The third-order valence-electron chi connectivity index (χ3n) is 2.20. The van der Waals surface area contributed by atoms with Gasteiger partial charge in [-0.2, -0.15) is 0 Å². The monoisotopic (exact) mass is 277 g/mol. The van der Waals surface area contributed by atoms with Crippen LogP contribution in [-0.4, -0.2) is 4.98 Å². The van der Waals surface area contributed by atoms with Gasteiger partial charge in [0.15, 0.2) is 0 Å². The molecule has 16 heavy (non-hydrogen) atoms. The van der Waals surface area contributed by atoms with Gasteiger partial charge in [0, 0.05) is 10.7 Å². The maximum absolute atomic E-state index is 5.87. The normalized spacial score (nSPS) is 10.1. The van der Waals surface area contributed by atoms with Crippen molar-refractivity contribution in [3.8, 4) is 0 Å². The van der Waals surface area contributed by atoms with Gasteiger partial charge in [0.2, 0.25) is 0 Å². The number of aromatic nitrogens is 1. The average molecular weight is 278 g/mol. The molecule has 0 spiro atoms. The van der Waals surface area contributed by atoms with Gasteiger partial charge in [-0.15, -0.1) is 0 Å². The van der Waals surface area contributed by atoms with E-state index in [4.69, 9.17) is 5.73 Å². The number of nitrogen functional groups attached to an aromatic ring is 1. The lowest BCUT2D eigenvalue weighted by atomic mass is 10.2. The van der Waals surface area contributed by atoms with E-state index >= 15 is 0 Å². The molecule has 0 atom stereocenters. The van der Waals surface area contributed by atoms with E-state index in [1.165, 1.54) is 0 Å². The van der Waals surface area contributed by atoms with E-state index in [9.17, 15) is 0 Å². The van der Waals surface area contributed by atoms with Crippen LogP contribution in [0.15, 0.2) is 47.1 Å². The summed E-state index contributed by atoms with van der Waals surface area (Å²) in [7, 11) is 0. The molecule has 4 heteroatoms. The highest BCUT2D eigenvalue weighted by atomic mass is 79.9. The van der Waals surface area contributed by atoms with Gasteiger partial charge >= 0.3 is 0 Å². The number of benzene rings is 1. The predicted octanol–water partition coefficient (Wildman–Crippen LogP) is 3.04. The first-order valence-corrected chi connectivity index (χ1v) is 5.74. The number of pyridine rings is 1. The number of halogens is 1. The first kappa shape index (κ1) is 11.0. The lowest BCUT2D eigenvalue weighted by Gasteiger charge is -2.08. The summed E-state index contributed by atoms with van der Waals surface area (Å²) in [6.07, 6.45) is 1.78. The molecule has 2 aromatic rings. The first-order chi connectivity index (χ1) is 7.75. The highest BCUT2D eigenvalue weighted by Crippen LogP contribution is 2.23. The van der Waals surface area contributed by atoms with Crippen LogP contribution < -0.4 is 11.1 Å². The Morgan fingerprint density at radius 1 is 1.25 bits per heavy atom. The van der Waals surface area contributed by atoms with Gasteiger partial charge in [-0.05, 0) is 30.3 Å². The Morgan fingerprint density at radius 3 is 2.81 bits per heavy atom. The van der Waals surface area contributed by atoms with Crippen molar-refractivity contribution in [2.45, 2.75) is 6.54 Å². The summed E-state index contributed by atoms with van der Waals surface area (Å²) in [6, 6.07) is 11.6. The number of nitrogens with zero attached hydrogens (tertiary/aromatic N) is 1. The Balaban J connectivity index is 2.05. The fourth-order valence-electron chi connectivity index (χ4n) is 1.38. The molecule has 82 valence electrons. The van der Waals surface area contributed by atoms with E-state index in [1.807, 2.05) is 36.4 Å². The Kier molecular flexibility index (Phi) is 3.41. The Hall–Kier alpha value is -1.55. The highest BCUT2D eigenvalue weighted by Gasteiger charge is 1.99. The zero-order chi connectivity index (χ0) is 11.4. The number of hydrogen-bond acceptors (Lipinski definition) is 3. The standard InChI is InChI=1S/C12H12BrN3/c13-9-4-5-12(11(14)7-9)16-8-10-3-1-2-6-15-10/h1-7,16H,8,14H2. The van der Waals surface area contributed by atoms with Crippen molar-refractivity contribution in [3.05, 3.63) is 52.8 Å². The van der Waals surface area contributed by atoms with Crippen molar-refractivity contribution in [3.63, 3.8) is 0 Å². The molecule has 3 nitrogen and oxygen atoms in total. The zero-order valence-corrected chi connectivity index (χ0v) is 10.2. The summed E-state index contributed by atoms with van der Waals surface area (Å²) in [5.74, 6) is 0. The molecule has 0 aliphatic rings. The van der Waals surface area contributed by atoms with Gasteiger partial charge in [-0.3, -0.25) is 4.98 Å². The fraction of sp³-hybridized carbons (Fsp3) is 0.0833. The quantitative estimate of drug-likeness (QED) is 0.848. The molecule has 0 aliphatic carbocycles. The van der Waals surface area contributed by atoms with Crippen LogP contribution in [-0.2, 0) is 6.54 Å². The van der Waals surface area contributed by atoms with E-state index in [2.05, 4.69) is 26.2 Å². The van der Waals surface area contributed by atoms with Crippen LogP contribution in [0, 0.1) is 0 Å². The van der Waals surface area contributed by atoms with Crippen LogP contribution in [0.2, 0.25) is 0 Å². The molecule has 0 bridgehead atoms. The third kappa shape index (κ3) is 2.73. The first-order valence-electron chi connectivity index (χ1n) is 4.94. The van der Waals surface area contributed by atoms with E-state index in [0.717, 1.165) is 21.5 Å². The van der Waals surface area contributed by atoms with Gasteiger partial charge in [0.1, 0.15) is 0 Å². The summed E-state index contributed by atoms with van der Waals surface area (Å²) in [6.45, 7) is 0.673. The minimum absolute atomic E-state index is 0.673. The van der Waals surface area contributed by atoms with Crippen molar-refractivity contribution in [2.75, 3.05) is 11.1 Å². The van der Waals surface area contributed by atoms with Crippen LogP contribution in [0.4, 0.5) is 11.4 Å². The van der Waals surface area contributed by atoms with Gasteiger partial charge in [-0.25, -0.2) is 0 Å². The molecule has 0 saturated heterocycles. The van der Waals surface area contributed by atoms with Crippen LogP contribution in [0.3, 0.4) is 0 Å². The maximum atomic E-state index is 5.87. The molecule has 0 unspecified atom stereocenters. The molecule has 0 aliphatic heterocycles. The second kappa shape index (κ2) is 4.99. The van der Waals surface area contributed by atoms with Crippen molar-refractivity contribution < 1.29 is 0 Å². The molecule has 0 amide bonds. The van der Waals surface area contributed by atoms with Crippen molar-refractivity contribution in [2.24, 2.45) is 0 Å². The molecule has 1 heterocycles. The molecular weight excluding hydrogens is 266 g/mol. The van der Waals surface area contributed by atoms with Gasteiger partial charge in [0.05, 0.1) is 23.6 Å². The second-order valence-electron chi connectivity index (χ2n) is 3.41. The lowest BCUT2D eigenvalue weighted by Crippen LogP contribution is -2.03. The van der Waals surface area contributed by atoms with Crippen LogP contribution >= 0.6 is 15.9 Å². The Labute approximate surface area is 103 Å². The molecule has 0 saturated carbocycles. The highest BCUT2D eigenvalue weighted by molar-refractivity contribution is 9.10. The largest absolute Gasteiger partial charge is 0.397 e. The van der Waals surface area contributed by atoms with Crippen molar-refractivity contribution in [1.29, 1.82) is 0 Å². The van der Waals surface area contributed by atoms with Gasteiger partial charge < -0.3 is 11.1 Å². The number of hydrogen-bond donors (Lipinski definition) is 2. The number of anilines is 2. The van der Waals surface area contributed by atoms with Gasteiger partial charge in [0.25, 0.3) is 0 Å². The fourth-order valence-corrected chi connectivity index (χ4v) is 1.76. The molecule has 0 fully saturated rings. The van der Waals surface area contributed by atoms with Gasteiger partial charge in [-0.1, -0.05) is 22.0 Å². The van der Waals surface area contributed by atoms with Crippen molar-refractivity contribution >= 4 is 27.3 Å². The summed E-state index contributed by atoms with van der Waals surface area (Å²) in [5.41, 5.74) is 8.52. The minimum atomic E-state index is 0.673. The number of rotatable bonds is 3. The zero-order valence-electron chi connectivity index (χ0n) is 8.65. The van der Waals surface area contributed by atoms with Crippen LogP contribution in [0.25, 0.3) is 0 Å².